The van der Waals surface area contributed by atoms with Gasteiger partial charge in [-0.3, -0.25) is 5.43 Å². The molecule has 1 heterocycles. The molecule has 0 unspecified atom stereocenters. The maximum absolute atomic E-state index is 5.34. The second kappa shape index (κ2) is 8.13. The van der Waals surface area contributed by atoms with E-state index in [0.29, 0.717) is 11.5 Å². The number of nitrogens with one attached hydrogen (secondary N) is 1. The molecule has 0 amide bonds. The Labute approximate surface area is 158 Å². The monoisotopic (exact) mass is 417 g/mol. The molecule has 0 aliphatic heterocycles. The number of hydrogen-bond donors (Lipinski definition) is 1. The number of thiazole rings is 1. The summed E-state index contributed by atoms with van der Waals surface area (Å²) >= 11 is 4.90. The van der Waals surface area contributed by atoms with Crippen LogP contribution in [0.25, 0.3) is 11.3 Å². The summed E-state index contributed by atoms with van der Waals surface area (Å²) in [6.45, 7) is 0. The molecule has 5 nitrogen and oxygen atoms in total. The van der Waals surface area contributed by atoms with Crippen molar-refractivity contribution in [1.29, 1.82) is 0 Å². The number of hydrogen-bond acceptors (Lipinski definition) is 6. The van der Waals surface area contributed by atoms with Gasteiger partial charge in [-0.25, -0.2) is 4.98 Å². The van der Waals surface area contributed by atoms with Gasteiger partial charge in [-0.1, -0.05) is 28.1 Å². The molecular formula is C18H16BrN3O2S. The van der Waals surface area contributed by atoms with E-state index >= 15 is 0 Å². The van der Waals surface area contributed by atoms with Crippen LogP contribution in [0, 0.1) is 0 Å². The molecular weight excluding hydrogens is 402 g/mol. The van der Waals surface area contributed by atoms with Crippen molar-refractivity contribution in [2.24, 2.45) is 5.10 Å². The minimum atomic E-state index is 0.677. The maximum Gasteiger partial charge on any atom is 0.203 e. The van der Waals surface area contributed by atoms with E-state index in [-0.39, 0.29) is 0 Å². The molecule has 0 aliphatic carbocycles. The van der Waals surface area contributed by atoms with Crippen LogP contribution in [0.1, 0.15) is 5.56 Å². The minimum absolute atomic E-state index is 0.677. The summed E-state index contributed by atoms with van der Waals surface area (Å²) < 4.78 is 11.6. The van der Waals surface area contributed by atoms with Gasteiger partial charge in [-0.05, 0) is 35.9 Å². The quantitative estimate of drug-likeness (QED) is 0.450. The standard InChI is InChI=1S/C18H16BrN3O2S/c1-23-16-8-5-13(9-17(16)24-2)15-11-25-18(21-15)22-20-10-12-3-6-14(19)7-4-12/h3-11H,1-2H3,(H,21,22). The third-order valence-electron chi connectivity index (χ3n) is 3.43. The Kier molecular flexibility index (Phi) is 5.67. The zero-order valence-corrected chi connectivity index (χ0v) is 16.1. The van der Waals surface area contributed by atoms with Crippen LogP contribution in [0.5, 0.6) is 11.5 Å². The van der Waals surface area contributed by atoms with Gasteiger partial charge in [0.1, 0.15) is 0 Å². The number of anilines is 1. The Bertz CT molecular complexity index is 878. The highest BCUT2D eigenvalue weighted by molar-refractivity contribution is 9.10. The van der Waals surface area contributed by atoms with Crippen LogP contribution in [0.4, 0.5) is 5.13 Å². The second-order valence-electron chi connectivity index (χ2n) is 5.03. The van der Waals surface area contributed by atoms with Gasteiger partial charge >= 0.3 is 0 Å². The molecule has 1 aromatic heterocycles. The maximum atomic E-state index is 5.34. The summed E-state index contributed by atoms with van der Waals surface area (Å²) in [4.78, 5) is 4.55. The van der Waals surface area contributed by atoms with Gasteiger partial charge in [0.05, 0.1) is 26.1 Å². The van der Waals surface area contributed by atoms with E-state index in [1.165, 1.54) is 11.3 Å². The molecule has 3 rings (SSSR count). The zero-order valence-electron chi connectivity index (χ0n) is 13.7. The topological polar surface area (TPSA) is 55.7 Å². The van der Waals surface area contributed by atoms with Crippen molar-refractivity contribution in [3.63, 3.8) is 0 Å². The molecule has 0 spiro atoms. The highest BCUT2D eigenvalue weighted by Crippen LogP contribution is 2.33. The molecule has 2 aromatic carbocycles. The number of aromatic nitrogens is 1. The van der Waals surface area contributed by atoms with E-state index in [0.717, 1.165) is 26.4 Å². The summed E-state index contributed by atoms with van der Waals surface area (Å²) in [5.41, 5.74) is 5.78. The van der Waals surface area contributed by atoms with Crippen molar-refractivity contribution in [2.75, 3.05) is 19.6 Å². The van der Waals surface area contributed by atoms with Crippen molar-refractivity contribution in [3.05, 3.63) is 57.9 Å². The van der Waals surface area contributed by atoms with Gasteiger partial charge in [0.2, 0.25) is 5.13 Å². The molecule has 0 radical (unpaired) electrons. The number of ether oxygens (including phenoxy) is 2. The van der Waals surface area contributed by atoms with E-state index in [2.05, 4.69) is 31.4 Å². The van der Waals surface area contributed by atoms with Crippen LogP contribution in [-0.4, -0.2) is 25.4 Å². The number of methoxy groups -OCH3 is 2. The number of hydrazone groups is 1. The van der Waals surface area contributed by atoms with Crippen molar-refractivity contribution in [3.8, 4) is 22.8 Å². The van der Waals surface area contributed by atoms with Gasteiger partial charge in [-0.15, -0.1) is 11.3 Å². The molecule has 1 N–H and O–H groups in total. The van der Waals surface area contributed by atoms with Gasteiger partial charge in [0.25, 0.3) is 0 Å². The lowest BCUT2D eigenvalue weighted by molar-refractivity contribution is 0.355. The zero-order chi connectivity index (χ0) is 17.6. The lowest BCUT2D eigenvalue weighted by atomic mass is 10.1. The summed E-state index contributed by atoms with van der Waals surface area (Å²) in [7, 11) is 3.23. The Morgan fingerprint density at radius 3 is 2.56 bits per heavy atom. The molecule has 0 atom stereocenters. The van der Waals surface area contributed by atoms with Gasteiger partial charge in [0, 0.05) is 15.4 Å². The van der Waals surface area contributed by atoms with Crippen LogP contribution in [0.15, 0.2) is 57.4 Å². The van der Waals surface area contributed by atoms with E-state index in [4.69, 9.17) is 9.47 Å². The van der Waals surface area contributed by atoms with E-state index < -0.39 is 0 Å². The highest BCUT2D eigenvalue weighted by Gasteiger charge is 2.09. The summed E-state index contributed by atoms with van der Waals surface area (Å²) in [6, 6.07) is 13.6. The first-order chi connectivity index (χ1) is 12.2. The third kappa shape index (κ3) is 4.37. The number of nitrogens with zero attached hydrogens (tertiary/aromatic N) is 2. The van der Waals surface area contributed by atoms with E-state index in [1.54, 1.807) is 20.4 Å². The lowest BCUT2D eigenvalue weighted by Crippen LogP contribution is -1.92. The van der Waals surface area contributed by atoms with Crippen molar-refractivity contribution in [1.82, 2.24) is 4.98 Å². The van der Waals surface area contributed by atoms with Gasteiger partial charge < -0.3 is 9.47 Å². The third-order valence-corrected chi connectivity index (χ3v) is 4.70. The molecule has 0 saturated carbocycles. The predicted octanol–water partition coefficient (Wildman–Crippen LogP) is 5.04. The average molecular weight is 418 g/mol. The Hall–Kier alpha value is -2.38. The molecule has 25 heavy (non-hydrogen) atoms. The lowest BCUT2D eigenvalue weighted by Gasteiger charge is -2.08. The van der Waals surface area contributed by atoms with Crippen molar-refractivity contribution < 1.29 is 9.47 Å². The summed E-state index contributed by atoms with van der Waals surface area (Å²) in [5.74, 6) is 1.37. The summed E-state index contributed by atoms with van der Waals surface area (Å²) in [5, 5.41) is 6.91. The molecule has 128 valence electrons. The molecule has 3 aromatic rings. The molecule has 0 fully saturated rings. The van der Waals surface area contributed by atoms with Gasteiger partial charge in [-0.2, -0.15) is 5.10 Å². The van der Waals surface area contributed by atoms with Crippen LogP contribution in [0.2, 0.25) is 0 Å². The Balaban J connectivity index is 1.71. The number of benzene rings is 2. The fourth-order valence-corrected chi connectivity index (χ4v) is 3.10. The smallest absolute Gasteiger partial charge is 0.203 e. The van der Waals surface area contributed by atoms with E-state index in [9.17, 15) is 0 Å². The average Bonchev–Trinajstić information content (AvgIpc) is 3.11. The molecule has 7 heteroatoms. The first kappa shape index (κ1) is 17.4. The van der Waals surface area contributed by atoms with Crippen LogP contribution in [-0.2, 0) is 0 Å². The van der Waals surface area contributed by atoms with Crippen LogP contribution in [0.3, 0.4) is 0 Å². The minimum Gasteiger partial charge on any atom is -0.493 e. The van der Waals surface area contributed by atoms with Gasteiger partial charge in [0.15, 0.2) is 11.5 Å². The SMILES string of the molecule is COc1ccc(-c2csc(NN=Cc3ccc(Br)cc3)n2)cc1OC. The van der Waals surface area contributed by atoms with Crippen molar-refractivity contribution >= 4 is 38.6 Å². The summed E-state index contributed by atoms with van der Waals surface area (Å²) in [6.07, 6.45) is 1.75. The predicted molar refractivity (Wildman–Crippen MR) is 106 cm³/mol. The Morgan fingerprint density at radius 2 is 1.84 bits per heavy atom. The highest BCUT2D eigenvalue weighted by atomic mass is 79.9. The Morgan fingerprint density at radius 1 is 1.08 bits per heavy atom. The van der Waals surface area contributed by atoms with Crippen LogP contribution < -0.4 is 14.9 Å². The largest absolute Gasteiger partial charge is 0.493 e. The molecule has 0 bridgehead atoms. The fourth-order valence-electron chi connectivity index (χ4n) is 2.16. The molecule has 0 saturated heterocycles. The first-order valence-corrected chi connectivity index (χ1v) is 9.09. The normalized spacial score (nSPS) is 10.8. The van der Waals surface area contributed by atoms with Crippen LogP contribution >= 0.6 is 27.3 Å². The molecule has 0 aliphatic rings. The van der Waals surface area contributed by atoms with Crippen molar-refractivity contribution in [2.45, 2.75) is 0 Å². The fraction of sp³-hybridized carbons (Fsp3) is 0.111. The van der Waals surface area contributed by atoms with E-state index in [1.807, 2.05) is 47.8 Å². The second-order valence-corrected chi connectivity index (χ2v) is 6.80. The number of rotatable bonds is 6. The number of halogens is 1. The first-order valence-electron chi connectivity index (χ1n) is 7.42.